The third kappa shape index (κ3) is 10.3. The third-order valence-corrected chi connectivity index (χ3v) is 18.4. The number of benzene rings is 2. The van der Waals surface area contributed by atoms with Crippen LogP contribution in [0.15, 0.2) is 78.5 Å². The minimum absolute atomic E-state index is 0.0198. The molecule has 3 N–H and O–H groups in total. The monoisotopic (exact) mass is 1040 g/mol. The summed E-state index contributed by atoms with van der Waals surface area (Å²) in [5, 5.41) is 9.93. The molecule has 74 heavy (non-hydrogen) atoms. The minimum Gasteiger partial charge on any atom is -0.496 e. The van der Waals surface area contributed by atoms with Crippen LogP contribution in [0, 0.1) is 12.8 Å². The van der Waals surface area contributed by atoms with Crippen molar-refractivity contribution in [3.63, 3.8) is 0 Å². The number of ether oxygens (including phenoxy) is 2. The van der Waals surface area contributed by atoms with Crippen LogP contribution in [0.25, 0.3) is 21.6 Å². The second kappa shape index (κ2) is 20.6. The van der Waals surface area contributed by atoms with E-state index < -0.39 is 56.2 Å². The predicted molar refractivity (Wildman–Crippen MR) is 283 cm³/mol. The number of pyridine rings is 1. The number of aromatic nitrogens is 4. The molecule has 5 aliphatic rings. The van der Waals surface area contributed by atoms with E-state index in [1.54, 1.807) is 50.7 Å². The van der Waals surface area contributed by atoms with Crippen molar-refractivity contribution in [2.24, 2.45) is 5.92 Å². The van der Waals surface area contributed by atoms with E-state index in [1.807, 2.05) is 53.6 Å². The molecular weight excluding hydrogens is 981 g/mol. The van der Waals surface area contributed by atoms with Crippen molar-refractivity contribution in [3.05, 3.63) is 95.3 Å². The van der Waals surface area contributed by atoms with Crippen LogP contribution in [0.3, 0.4) is 0 Å². The molecule has 0 spiro atoms. The summed E-state index contributed by atoms with van der Waals surface area (Å²) in [6.07, 6.45) is 11.2. The van der Waals surface area contributed by atoms with E-state index in [0.717, 1.165) is 24.1 Å². The van der Waals surface area contributed by atoms with Gasteiger partial charge < -0.3 is 34.8 Å². The SMILES string of the molecule is COc1ccc2c(O[C@@H]3C[C@H]4C(=O)N[C@]5(C(=O)NS(=O)(=O)C6(C)CC6)C[C@H]5/C=C\CCCCC[C@H](Nc5cccc(C(=O)N6CCN(c7ncccn7)CC6)c5)C(=O)N4C3)cc(-c3nc(C(C)C)cs3)nc2c1C. The van der Waals surface area contributed by atoms with E-state index in [0.29, 0.717) is 109 Å². The number of carbonyl (C=O) groups excluding carboxylic acids is 4. The molecule has 5 atom stereocenters. The summed E-state index contributed by atoms with van der Waals surface area (Å²) in [6.45, 7) is 9.86. The van der Waals surface area contributed by atoms with Crippen LogP contribution < -0.4 is 29.7 Å². The summed E-state index contributed by atoms with van der Waals surface area (Å²) in [7, 11) is -2.42. The number of hydrogen-bond acceptors (Lipinski definition) is 15. The third-order valence-electron chi connectivity index (χ3n) is 15.3. The maximum atomic E-state index is 15.4. The number of nitrogens with one attached hydrogen (secondary N) is 3. The number of piperazine rings is 1. The zero-order valence-electron chi connectivity index (χ0n) is 42.5. The zero-order valence-corrected chi connectivity index (χ0v) is 44.1. The van der Waals surface area contributed by atoms with Crippen molar-refractivity contribution in [3.8, 4) is 22.2 Å². The topological polar surface area (TPSA) is 218 Å². The number of sulfonamides is 1. The van der Waals surface area contributed by atoms with Gasteiger partial charge in [-0.1, -0.05) is 44.9 Å². The Kier molecular flexibility index (Phi) is 14.1. The standard InChI is InChI=1S/C54H64N10O8S2/c1-33(2)42-32-73-48(59-42)41-29-45(39-17-18-44(71-5)34(3)46(39)58-41)72-38-28-43-47(65)60-54(51(68)61-74(69,70)53(4)19-20-53)30-36(54)14-9-7-6-8-10-16-40(50(67)64(43)31-38)57-37-15-11-13-35(27-37)49(66)62-23-25-63(26-24-62)52-55-21-12-22-56-52/h9,11-15,17-18,21-22,27,29,32-33,36,38,40,43,57H,6-8,10,16,19-20,23-26,28,30-31H2,1-5H3,(H,60,65)(H,61,68)/b14-9-/t36-,38-,40+,43+,54-/m1/s1. The predicted octanol–water partition coefficient (Wildman–Crippen LogP) is 6.77. The number of methoxy groups -OCH3 is 1. The van der Waals surface area contributed by atoms with E-state index in [4.69, 9.17) is 19.4 Å². The molecule has 2 aromatic carbocycles. The molecular formula is C54H64N10O8S2. The number of allylic oxidation sites excluding steroid dienone is 1. The molecule has 5 aromatic rings. The first-order chi connectivity index (χ1) is 35.6. The Balaban J connectivity index is 0.960. The van der Waals surface area contributed by atoms with E-state index >= 15 is 9.59 Å². The molecule has 2 aliphatic carbocycles. The Morgan fingerprint density at radius 2 is 1.74 bits per heavy atom. The first kappa shape index (κ1) is 50.8. The molecule has 6 heterocycles. The number of hydrogen-bond donors (Lipinski definition) is 3. The number of thiazole rings is 1. The first-order valence-electron chi connectivity index (χ1n) is 25.7. The van der Waals surface area contributed by atoms with Gasteiger partial charge in [-0.3, -0.25) is 23.9 Å². The Labute approximate surface area is 435 Å². The van der Waals surface area contributed by atoms with Gasteiger partial charge in [0.1, 0.15) is 45.9 Å². The van der Waals surface area contributed by atoms with Crippen LogP contribution in [0.2, 0.25) is 0 Å². The van der Waals surface area contributed by atoms with Crippen LogP contribution in [0.5, 0.6) is 11.5 Å². The maximum Gasteiger partial charge on any atom is 0.259 e. The highest BCUT2D eigenvalue weighted by atomic mass is 32.2. The number of carbonyl (C=O) groups is 4. The van der Waals surface area contributed by atoms with Gasteiger partial charge in [-0.2, -0.15) is 0 Å². The van der Waals surface area contributed by atoms with Crippen LogP contribution in [0.1, 0.15) is 106 Å². The minimum atomic E-state index is -4.03. The van der Waals surface area contributed by atoms with Crippen molar-refractivity contribution in [2.75, 3.05) is 50.1 Å². The normalized spacial score (nSPS) is 24.5. The molecule has 2 saturated heterocycles. The van der Waals surface area contributed by atoms with Gasteiger partial charge in [0.15, 0.2) is 0 Å². The maximum absolute atomic E-state index is 15.4. The summed E-state index contributed by atoms with van der Waals surface area (Å²) in [5.41, 5.74) is 2.51. The summed E-state index contributed by atoms with van der Waals surface area (Å²) < 4.78 is 40.8. The van der Waals surface area contributed by atoms with E-state index in [2.05, 4.69) is 44.1 Å². The lowest BCUT2D eigenvalue weighted by Crippen LogP contribution is -2.58. The average Bonchev–Trinajstić information content (AvgIpc) is 4.18. The highest BCUT2D eigenvalue weighted by Crippen LogP contribution is 2.48. The second-order valence-corrected chi connectivity index (χ2v) is 23.9. The molecule has 0 bridgehead atoms. The fraction of sp³-hybridized carbons (Fsp3) is 0.481. The number of anilines is 2. The van der Waals surface area contributed by atoms with Gasteiger partial charge >= 0.3 is 0 Å². The van der Waals surface area contributed by atoms with Gasteiger partial charge in [0, 0.05) is 84.6 Å². The number of aryl methyl sites for hydroxylation is 1. The van der Waals surface area contributed by atoms with E-state index in [1.165, 1.54) is 16.2 Å². The van der Waals surface area contributed by atoms with Crippen LogP contribution >= 0.6 is 11.3 Å². The first-order valence-corrected chi connectivity index (χ1v) is 28.1. The fourth-order valence-electron chi connectivity index (χ4n) is 10.3. The van der Waals surface area contributed by atoms with Crippen molar-refractivity contribution in [1.29, 1.82) is 0 Å². The Morgan fingerprint density at radius 1 is 0.959 bits per heavy atom. The zero-order chi connectivity index (χ0) is 51.9. The molecule has 10 rings (SSSR count). The van der Waals surface area contributed by atoms with Crippen LogP contribution in [-0.4, -0.2) is 130 Å². The summed E-state index contributed by atoms with van der Waals surface area (Å²) >= 11 is 1.49. The summed E-state index contributed by atoms with van der Waals surface area (Å²) in [5.74, 6) is -0.331. The molecule has 4 fully saturated rings. The second-order valence-electron chi connectivity index (χ2n) is 20.8. The molecule has 390 valence electrons. The Morgan fingerprint density at radius 3 is 2.47 bits per heavy atom. The van der Waals surface area contributed by atoms with Gasteiger partial charge in [0.2, 0.25) is 27.8 Å². The number of fused-ring (bicyclic) bond motifs is 3. The molecule has 4 amide bonds. The van der Waals surface area contributed by atoms with Crippen LogP contribution in [-0.2, 0) is 24.4 Å². The van der Waals surface area contributed by atoms with E-state index in [-0.39, 0.29) is 37.1 Å². The molecule has 3 aromatic heterocycles. The highest BCUT2D eigenvalue weighted by Gasteiger charge is 2.63. The number of amides is 4. The van der Waals surface area contributed by atoms with Crippen molar-refractivity contribution in [1.82, 2.24) is 39.8 Å². The number of nitrogens with zero attached hydrogens (tertiary/aromatic N) is 7. The summed E-state index contributed by atoms with van der Waals surface area (Å²) in [4.78, 5) is 82.8. The lowest BCUT2D eigenvalue weighted by molar-refractivity contribution is -0.140. The van der Waals surface area contributed by atoms with Gasteiger partial charge in [-0.05, 0) is 94.7 Å². The quantitative estimate of drug-likeness (QED) is 0.110. The largest absolute Gasteiger partial charge is 0.496 e. The molecule has 2 saturated carbocycles. The smallest absolute Gasteiger partial charge is 0.259 e. The lowest BCUT2D eigenvalue weighted by Gasteiger charge is -2.34. The fourth-order valence-corrected chi connectivity index (χ4v) is 12.5. The average molecular weight is 1050 g/mol. The Bertz CT molecular complexity index is 3100. The molecule has 3 aliphatic heterocycles. The van der Waals surface area contributed by atoms with Crippen molar-refractivity contribution in [2.45, 2.75) is 120 Å². The van der Waals surface area contributed by atoms with Crippen molar-refractivity contribution >= 4 is 67.5 Å². The molecule has 20 heteroatoms. The van der Waals surface area contributed by atoms with Gasteiger partial charge in [-0.25, -0.2) is 28.4 Å². The summed E-state index contributed by atoms with van der Waals surface area (Å²) in [6, 6.07) is 12.6. The lowest BCUT2D eigenvalue weighted by atomic mass is 10.0. The molecule has 18 nitrogen and oxygen atoms in total. The van der Waals surface area contributed by atoms with Gasteiger partial charge in [-0.15, -0.1) is 11.3 Å². The highest BCUT2D eigenvalue weighted by molar-refractivity contribution is 7.91. The van der Waals surface area contributed by atoms with Gasteiger partial charge in [0.05, 0.1) is 29.6 Å². The van der Waals surface area contributed by atoms with Gasteiger partial charge in [0.25, 0.3) is 11.8 Å². The van der Waals surface area contributed by atoms with Crippen LogP contribution in [0.4, 0.5) is 11.6 Å². The van der Waals surface area contributed by atoms with Crippen molar-refractivity contribution < 1.29 is 37.1 Å². The molecule has 0 radical (unpaired) electrons. The number of rotatable bonds is 12. The Hall–Kier alpha value is -6.67. The molecule has 0 unspecified atom stereocenters. The van der Waals surface area contributed by atoms with E-state index in [9.17, 15) is 18.0 Å².